The third-order valence-electron chi connectivity index (χ3n) is 5.26. The Balaban J connectivity index is 1.48. The van der Waals surface area contributed by atoms with Gasteiger partial charge in [-0.1, -0.05) is 37.3 Å². The number of hydrogen-bond acceptors (Lipinski definition) is 3. The molecule has 1 aromatic carbocycles. The van der Waals surface area contributed by atoms with Crippen molar-refractivity contribution in [2.75, 3.05) is 13.1 Å². The number of benzene rings is 1. The predicted octanol–water partition coefficient (Wildman–Crippen LogP) is 3.76. The van der Waals surface area contributed by atoms with E-state index in [0.29, 0.717) is 17.2 Å². The molecular formula is C20H28N4OS. The zero-order chi connectivity index (χ0) is 18.4. The fourth-order valence-electron chi connectivity index (χ4n) is 3.65. The molecule has 0 unspecified atom stereocenters. The normalized spacial score (nSPS) is 15.3. The second-order valence-electron chi connectivity index (χ2n) is 7.13. The van der Waals surface area contributed by atoms with E-state index < -0.39 is 0 Å². The van der Waals surface area contributed by atoms with E-state index in [-0.39, 0.29) is 5.91 Å². The summed E-state index contributed by atoms with van der Waals surface area (Å²) in [4.78, 5) is 14.7. The van der Waals surface area contributed by atoms with E-state index in [9.17, 15) is 4.79 Å². The van der Waals surface area contributed by atoms with Gasteiger partial charge in [-0.3, -0.25) is 14.5 Å². The molecule has 1 fully saturated rings. The van der Waals surface area contributed by atoms with Gasteiger partial charge in [0.05, 0.1) is 0 Å². The number of nitrogens with one attached hydrogen (secondary N) is 1. The number of amides is 1. The van der Waals surface area contributed by atoms with Crippen LogP contribution in [-0.4, -0.2) is 38.7 Å². The third kappa shape index (κ3) is 4.81. The number of nitrogens with zero attached hydrogens (tertiary/aromatic N) is 3. The van der Waals surface area contributed by atoms with Crippen LogP contribution in [0, 0.1) is 10.7 Å². The second-order valence-corrected chi connectivity index (χ2v) is 7.52. The Morgan fingerprint density at radius 3 is 2.65 bits per heavy atom. The lowest BCUT2D eigenvalue weighted by Crippen LogP contribution is -2.40. The van der Waals surface area contributed by atoms with Crippen molar-refractivity contribution in [3.05, 3.63) is 46.5 Å². The van der Waals surface area contributed by atoms with E-state index in [0.717, 1.165) is 51.0 Å². The summed E-state index contributed by atoms with van der Waals surface area (Å²) in [6.45, 7) is 4.11. The molecule has 0 atom stereocenters. The van der Waals surface area contributed by atoms with Crippen molar-refractivity contribution in [1.29, 1.82) is 0 Å². The molecule has 6 heteroatoms. The molecule has 1 saturated heterocycles. The van der Waals surface area contributed by atoms with Gasteiger partial charge in [0.25, 0.3) is 0 Å². The molecule has 2 aromatic rings. The summed E-state index contributed by atoms with van der Waals surface area (Å²) in [6, 6.07) is 10.7. The molecule has 0 saturated carbocycles. The van der Waals surface area contributed by atoms with Crippen molar-refractivity contribution in [2.45, 2.75) is 52.0 Å². The highest BCUT2D eigenvalue weighted by atomic mass is 32.1. The van der Waals surface area contributed by atoms with Gasteiger partial charge in [0, 0.05) is 19.5 Å². The highest BCUT2D eigenvalue weighted by Crippen LogP contribution is 2.22. The summed E-state index contributed by atoms with van der Waals surface area (Å²) in [5.41, 5.74) is 1.41. The highest BCUT2D eigenvalue weighted by Gasteiger charge is 2.23. The van der Waals surface area contributed by atoms with Crippen molar-refractivity contribution in [1.82, 2.24) is 19.7 Å². The average Bonchev–Trinajstić information content (AvgIpc) is 3.01. The molecule has 5 nitrogen and oxygen atoms in total. The number of carbonyl (C=O) groups is 1. The zero-order valence-corrected chi connectivity index (χ0v) is 16.3. The zero-order valence-electron chi connectivity index (χ0n) is 15.5. The molecule has 140 valence electrons. The van der Waals surface area contributed by atoms with E-state index in [4.69, 9.17) is 12.2 Å². The Bertz CT molecular complexity index is 760. The van der Waals surface area contributed by atoms with Crippen LogP contribution < -0.4 is 0 Å². The van der Waals surface area contributed by atoms with Crippen LogP contribution in [0.1, 0.15) is 44.0 Å². The molecule has 1 aliphatic rings. The molecule has 26 heavy (non-hydrogen) atoms. The minimum Gasteiger partial charge on any atom is -0.341 e. The van der Waals surface area contributed by atoms with Crippen LogP contribution in [0.2, 0.25) is 0 Å². The molecule has 0 bridgehead atoms. The Morgan fingerprint density at radius 1 is 1.23 bits per heavy atom. The summed E-state index contributed by atoms with van der Waals surface area (Å²) >= 11 is 5.28. The number of piperidine rings is 1. The van der Waals surface area contributed by atoms with Crippen LogP contribution in [0.3, 0.4) is 0 Å². The Hall–Kier alpha value is -1.95. The molecule has 0 aliphatic carbocycles. The van der Waals surface area contributed by atoms with Gasteiger partial charge in [-0.15, -0.1) is 0 Å². The number of carbonyl (C=O) groups excluding carboxylic acids is 1. The summed E-state index contributed by atoms with van der Waals surface area (Å²) < 4.78 is 2.39. The van der Waals surface area contributed by atoms with Gasteiger partial charge < -0.3 is 4.90 Å². The standard InChI is InChI=1S/C20H28N4OS/c1-2-6-18-21-22-20(26)24(18)15-19(25)23-13-11-17(12-14-23)10-9-16-7-4-3-5-8-16/h3-5,7-8,17H,2,6,9-15H2,1H3,(H,22,26). The summed E-state index contributed by atoms with van der Waals surface area (Å²) in [7, 11) is 0. The SMILES string of the molecule is CCCc1n[nH]c(=S)n1CC(=O)N1CCC(CCc2ccccc2)CC1. The second kappa shape index (κ2) is 9.12. The van der Waals surface area contributed by atoms with E-state index in [1.807, 2.05) is 9.47 Å². The lowest BCUT2D eigenvalue weighted by atomic mass is 9.90. The van der Waals surface area contributed by atoms with Crippen LogP contribution in [0.5, 0.6) is 0 Å². The third-order valence-corrected chi connectivity index (χ3v) is 5.57. The van der Waals surface area contributed by atoms with Crippen LogP contribution in [-0.2, 0) is 24.2 Å². The topological polar surface area (TPSA) is 53.9 Å². The van der Waals surface area contributed by atoms with Gasteiger partial charge >= 0.3 is 0 Å². The van der Waals surface area contributed by atoms with Crippen LogP contribution in [0.4, 0.5) is 0 Å². The fraction of sp³-hybridized carbons (Fsp3) is 0.550. The van der Waals surface area contributed by atoms with Crippen molar-refractivity contribution < 1.29 is 4.79 Å². The minimum atomic E-state index is 0.154. The molecule has 1 aliphatic heterocycles. The Kier molecular flexibility index (Phi) is 6.61. The van der Waals surface area contributed by atoms with Crippen LogP contribution >= 0.6 is 12.2 Å². The maximum absolute atomic E-state index is 12.7. The highest BCUT2D eigenvalue weighted by molar-refractivity contribution is 7.71. The van der Waals surface area contributed by atoms with Gasteiger partial charge in [0.15, 0.2) is 4.77 Å². The number of H-pyrrole nitrogens is 1. The Labute approximate surface area is 160 Å². The quantitative estimate of drug-likeness (QED) is 0.753. The largest absolute Gasteiger partial charge is 0.341 e. The molecule has 2 heterocycles. The Morgan fingerprint density at radius 2 is 1.96 bits per heavy atom. The number of aromatic amines is 1. The van der Waals surface area contributed by atoms with Gasteiger partial charge in [-0.2, -0.15) is 5.10 Å². The maximum Gasteiger partial charge on any atom is 0.242 e. The smallest absolute Gasteiger partial charge is 0.242 e. The summed E-state index contributed by atoms with van der Waals surface area (Å²) in [6.07, 6.45) is 6.35. The fourth-order valence-corrected chi connectivity index (χ4v) is 3.87. The number of aromatic nitrogens is 3. The lowest BCUT2D eigenvalue weighted by molar-refractivity contribution is -0.133. The van der Waals surface area contributed by atoms with E-state index in [1.165, 1.54) is 12.0 Å². The predicted molar refractivity (Wildman–Crippen MR) is 105 cm³/mol. The molecule has 0 spiro atoms. The lowest BCUT2D eigenvalue weighted by Gasteiger charge is -2.32. The van der Waals surface area contributed by atoms with Crippen molar-refractivity contribution in [3.63, 3.8) is 0 Å². The molecule has 1 aromatic heterocycles. The molecule has 3 rings (SSSR count). The number of likely N-dealkylation sites (tertiary alicyclic amines) is 1. The molecule has 1 N–H and O–H groups in total. The van der Waals surface area contributed by atoms with E-state index in [2.05, 4.69) is 47.5 Å². The van der Waals surface area contributed by atoms with E-state index in [1.54, 1.807) is 0 Å². The first-order valence-corrected chi connectivity index (χ1v) is 10.0. The van der Waals surface area contributed by atoms with Crippen molar-refractivity contribution >= 4 is 18.1 Å². The molecular weight excluding hydrogens is 344 g/mol. The van der Waals surface area contributed by atoms with Gasteiger partial charge in [-0.25, -0.2) is 0 Å². The number of rotatable bonds is 7. The number of hydrogen-bond donors (Lipinski definition) is 1. The van der Waals surface area contributed by atoms with Crippen LogP contribution in [0.25, 0.3) is 0 Å². The summed E-state index contributed by atoms with van der Waals surface area (Å²) in [5.74, 6) is 1.75. The van der Waals surface area contributed by atoms with Crippen molar-refractivity contribution in [3.8, 4) is 0 Å². The van der Waals surface area contributed by atoms with Crippen molar-refractivity contribution in [2.24, 2.45) is 5.92 Å². The monoisotopic (exact) mass is 372 g/mol. The van der Waals surface area contributed by atoms with E-state index >= 15 is 0 Å². The average molecular weight is 373 g/mol. The first-order chi connectivity index (χ1) is 12.7. The minimum absolute atomic E-state index is 0.154. The maximum atomic E-state index is 12.7. The first kappa shape index (κ1) is 18.8. The molecule has 0 radical (unpaired) electrons. The first-order valence-electron chi connectivity index (χ1n) is 9.63. The summed E-state index contributed by atoms with van der Waals surface area (Å²) in [5, 5.41) is 7.06. The van der Waals surface area contributed by atoms with Crippen LogP contribution in [0.15, 0.2) is 30.3 Å². The van der Waals surface area contributed by atoms with Gasteiger partial charge in [0.1, 0.15) is 12.4 Å². The van der Waals surface area contributed by atoms with Gasteiger partial charge in [0.2, 0.25) is 5.91 Å². The van der Waals surface area contributed by atoms with Gasteiger partial charge in [-0.05, 0) is 55.8 Å². The number of aryl methyl sites for hydroxylation is 2. The molecule has 1 amide bonds.